The Hall–Kier alpha value is 0.700. The van der Waals surface area contributed by atoms with Crippen LogP contribution in [0.25, 0.3) is 0 Å². The molecule has 2 heteroatoms. The molecule has 0 aromatic heterocycles. The van der Waals surface area contributed by atoms with Gasteiger partial charge in [-0.05, 0) is 31.1 Å². The SMILES string of the molecule is C1CC[C@@H]2SCC3(CCC3)CS[C@H]2C1. The van der Waals surface area contributed by atoms with Crippen molar-refractivity contribution in [3.63, 3.8) is 0 Å². The van der Waals surface area contributed by atoms with E-state index in [0.717, 1.165) is 15.9 Å². The summed E-state index contributed by atoms with van der Waals surface area (Å²) in [5, 5.41) is 2.04. The van der Waals surface area contributed by atoms with E-state index in [-0.39, 0.29) is 0 Å². The molecule has 2 saturated carbocycles. The molecule has 0 amide bonds. The lowest BCUT2D eigenvalue weighted by Crippen LogP contribution is -2.34. The number of fused-ring (bicyclic) bond motifs is 1. The summed E-state index contributed by atoms with van der Waals surface area (Å²) in [5.74, 6) is 2.97. The molecule has 3 rings (SSSR count). The maximum Gasteiger partial charge on any atom is 0.0166 e. The van der Waals surface area contributed by atoms with E-state index in [1.54, 1.807) is 0 Å². The van der Waals surface area contributed by atoms with Gasteiger partial charge in [0.1, 0.15) is 0 Å². The Labute approximate surface area is 96.0 Å². The predicted molar refractivity (Wildman–Crippen MR) is 67.2 cm³/mol. The minimum absolute atomic E-state index is 0.798. The van der Waals surface area contributed by atoms with E-state index in [1.807, 2.05) is 0 Å². The van der Waals surface area contributed by atoms with Gasteiger partial charge in [0.05, 0.1) is 0 Å². The van der Waals surface area contributed by atoms with Gasteiger partial charge in [0.15, 0.2) is 0 Å². The average molecular weight is 228 g/mol. The third kappa shape index (κ3) is 1.73. The van der Waals surface area contributed by atoms with Gasteiger partial charge in [0.2, 0.25) is 0 Å². The van der Waals surface area contributed by atoms with E-state index in [2.05, 4.69) is 23.5 Å². The van der Waals surface area contributed by atoms with Crippen molar-refractivity contribution >= 4 is 23.5 Å². The lowest BCUT2D eigenvalue weighted by molar-refractivity contribution is 0.205. The molecule has 0 radical (unpaired) electrons. The molecule has 2 atom stereocenters. The van der Waals surface area contributed by atoms with Crippen LogP contribution in [0.5, 0.6) is 0 Å². The zero-order valence-corrected chi connectivity index (χ0v) is 10.5. The molecule has 0 nitrogen and oxygen atoms in total. The fraction of sp³-hybridized carbons (Fsp3) is 1.00. The summed E-state index contributed by atoms with van der Waals surface area (Å²) in [6.07, 6.45) is 10.6. The number of hydrogen-bond acceptors (Lipinski definition) is 2. The Morgan fingerprint density at radius 3 is 1.79 bits per heavy atom. The monoisotopic (exact) mass is 228 g/mol. The number of thioether (sulfide) groups is 2. The Kier molecular flexibility index (Phi) is 2.78. The topological polar surface area (TPSA) is 0 Å². The van der Waals surface area contributed by atoms with E-state index in [4.69, 9.17) is 0 Å². The van der Waals surface area contributed by atoms with E-state index >= 15 is 0 Å². The van der Waals surface area contributed by atoms with Crippen molar-refractivity contribution in [2.75, 3.05) is 11.5 Å². The molecule has 0 aromatic carbocycles. The summed E-state index contributed by atoms with van der Waals surface area (Å²) in [6.45, 7) is 0. The summed E-state index contributed by atoms with van der Waals surface area (Å²) in [7, 11) is 0. The molecule has 3 aliphatic rings. The van der Waals surface area contributed by atoms with Crippen LogP contribution in [0, 0.1) is 5.41 Å². The van der Waals surface area contributed by atoms with Crippen LogP contribution in [0.4, 0.5) is 0 Å². The first-order valence-corrected chi connectivity index (χ1v) is 8.21. The lowest BCUT2D eigenvalue weighted by Gasteiger charge is -2.40. The normalized spacial score (nSPS) is 41.1. The first-order valence-electron chi connectivity index (χ1n) is 6.11. The van der Waals surface area contributed by atoms with Gasteiger partial charge in [-0.25, -0.2) is 0 Å². The van der Waals surface area contributed by atoms with Crippen molar-refractivity contribution in [2.24, 2.45) is 5.41 Å². The van der Waals surface area contributed by atoms with Crippen molar-refractivity contribution in [1.29, 1.82) is 0 Å². The summed E-state index contributed by atoms with van der Waals surface area (Å²) < 4.78 is 0. The standard InChI is InChI=1S/C12H20S2/c1-2-5-11-10(4-1)13-8-12(9-14-11)6-3-7-12/h10-11H,1-9H2/t10-,11-/m0/s1. The van der Waals surface area contributed by atoms with Crippen LogP contribution in [0.2, 0.25) is 0 Å². The van der Waals surface area contributed by atoms with Crippen LogP contribution in [-0.4, -0.2) is 22.0 Å². The van der Waals surface area contributed by atoms with Crippen LogP contribution in [0.3, 0.4) is 0 Å². The molecule has 0 N–H and O–H groups in total. The molecule has 0 unspecified atom stereocenters. The molecule has 0 bridgehead atoms. The average Bonchev–Trinajstić information content (AvgIpc) is 2.36. The molecule has 1 spiro atoms. The molecule has 14 heavy (non-hydrogen) atoms. The second-order valence-corrected chi connectivity index (χ2v) is 7.79. The van der Waals surface area contributed by atoms with Gasteiger partial charge in [0.25, 0.3) is 0 Å². The third-order valence-corrected chi connectivity index (χ3v) is 7.98. The predicted octanol–water partition coefficient (Wildman–Crippen LogP) is 3.95. The molecule has 0 aromatic rings. The van der Waals surface area contributed by atoms with Crippen LogP contribution in [0.15, 0.2) is 0 Å². The fourth-order valence-corrected chi connectivity index (χ4v) is 6.90. The molecule has 3 fully saturated rings. The van der Waals surface area contributed by atoms with Gasteiger partial charge in [-0.15, -0.1) is 0 Å². The Balaban J connectivity index is 1.67. The van der Waals surface area contributed by atoms with Crippen LogP contribution < -0.4 is 0 Å². The minimum Gasteiger partial charge on any atom is -0.157 e. The summed E-state index contributed by atoms with van der Waals surface area (Å²) in [4.78, 5) is 0. The Bertz CT molecular complexity index is 192. The Morgan fingerprint density at radius 1 is 0.786 bits per heavy atom. The van der Waals surface area contributed by atoms with E-state index in [9.17, 15) is 0 Å². The van der Waals surface area contributed by atoms with Crippen LogP contribution >= 0.6 is 23.5 Å². The second kappa shape index (κ2) is 3.93. The summed E-state index contributed by atoms with van der Waals surface area (Å²) in [6, 6.07) is 0. The highest BCUT2D eigenvalue weighted by molar-refractivity contribution is 8.04. The van der Waals surface area contributed by atoms with Crippen molar-refractivity contribution < 1.29 is 0 Å². The van der Waals surface area contributed by atoms with Crippen molar-refractivity contribution in [2.45, 2.75) is 55.4 Å². The van der Waals surface area contributed by atoms with Gasteiger partial charge in [0, 0.05) is 22.0 Å². The van der Waals surface area contributed by atoms with Gasteiger partial charge in [-0.1, -0.05) is 19.3 Å². The fourth-order valence-electron chi connectivity index (χ4n) is 3.02. The van der Waals surface area contributed by atoms with Crippen molar-refractivity contribution in [3.8, 4) is 0 Å². The third-order valence-electron chi connectivity index (χ3n) is 4.26. The molecule has 1 aliphatic heterocycles. The van der Waals surface area contributed by atoms with Gasteiger partial charge >= 0.3 is 0 Å². The van der Waals surface area contributed by atoms with E-state index < -0.39 is 0 Å². The molecule has 80 valence electrons. The van der Waals surface area contributed by atoms with E-state index in [0.29, 0.717) is 0 Å². The minimum atomic E-state index is 0.798. The first kappa shape index (κ1) is 9.89. The summed E-state index contributed by atoms with van der Waals surface area (Å²) >= 11 is 4.66. The van der Waals surface area contributed by atoms with E-state index in [1.165, 1.54) is 56.5 Å². The first-order chi connectivity index (χ1) is 6.88. The molecular formula is C12H20S2. The smallest absolute Gasteiger partial charge is 0.0166 e. The molecule has 1 saturated heterocycles. The zero-order valence-electron chi connectivity index (χ0n) is 8.84. The highest BCUT2D eigenvalue weighted by Crippen LogP contribution is 2.52. The second-order valence-electron chi connectivity index (χ2n) is 5.34. The zero-order chi connectivity index (χ0) is 9.43. The summed E-state index contributed by atoms with van der Waals surface area (Å²) in [5.41, 5.74) is 0.798. The van der Waals surface area contributed by atoms with Gasteiger partial charge in [-0.2, -0.15) is 23.5 Å². The maximum absolute atomic E-state index is 2.33. The van der Waals surface area contributed by atoms with Gasteiger partial charge < -0.3 is 0 Å². The highest BCUT2D eigenvalue weighted by atomic mass is 32.2. The quantitative estimate of drug-likeness (QED) is 0.616. The van der Waals surface area contributed by atoms with Crippen molar-refractivity contribution in [3.05, 3.63) is 0 Å². The van der Waals surface area contributed by atoms with Crippen molar-refractivity contribution in [1.82, 2.24) is 0 Å². The van der Waals surface area contributed by atoms with Crippen LogP contribution in [0.1, 0.15) is 44.9 Å². The maximum atomic E-state index is 2.33. The largest absolute Gasteiger partial charge is 0.157 e. The molecule has 2 aliphatic carbocycles. The number of rotatable bonds is 0. The van der Waals surface area contributed by atoms with Crippen LogP contribution in [-0.2, 0) is 0 Å². The lowest BCUT2D eigenvalue weighted by atomic mass is 9.72. The molecule has 1 heterocycles. The van der Waals surface area contributed by atoms with Gasteiger partial charge in [-0.3, -0.25) is 0 Å². The molecular weight excluding hydrogens is 208 g/mol. The Morgan fingerprint density at radius 2 is 1.36 bits per heavy atom. The highest BCUT2D eigenvalue weighted by Gasteiger charge is 2.42. The number of hydrogen-bond donors (Lipinski definition) is 0.